The number of rotatable bonds is 4. The highest BCUT2D eigenvalue weighted by atomic mass is 28.4. The van der Waals surface area contributed by atoms with E-state index < -0.39 is 14.4 Å². The maximum absolute atomic E-state index is 10.2. The van der Waals surface area contributed by atoms with E-state index in [-0.39, 0.29) is 17.1 Å². The summed E-state index contributed by atoms with van der Waals surface area (Å²) in [7, 11) is -1.71. The van der Waals surface area contributed by atoms with Gasteiger partial charge in [0.1, 0.15) is 0 Å². The summed E-state index contributed by atoms with van der Waals surface area (Å²) in [6, 6.07) is 0. The molecule has 22 heavy (non-hydrogen) atoms. The Kier molecular flexibility index (Phi) is 5.51. The summed E-state index contributed by atoms with van der Waals surface area (Å²) in [5, 5.41) is 14.7. The molecule has 2 aliphatic rings. The lowest BCUT2D eigenvalue weighted by atomic mass is 9.85. The molecular formula is C17H31NO3Si. The van der Waals surface area contributed by atoms with E-state index in [9.17, 15) is 5.11 Å². The van der Waals surface area contributed by atoms with E-state index in [4.69, 9.17) is 9.26 Å². The topological polar surface area (TPSA) is 51.0 Å². The van der Waals surface area contributed by atoms with Crippen molar-refractivity contribution in [1.29, 1.82) is 0 Å². The highest BCUT2D eigenvalue weighted by molar-refractivity contribution is 6.74. The number of fused-ring (bicyclic) bond motifs is 1. The third-order valence-corrected chi connectivity index (χ3v) is 9.85. The molecule has 1 aliphatic carbocycles. The van der Waals surface area contributed by atoms with E-state index in [1.165, 1.54) is 0 Å². The average Bonchev–Trinajstić information content (AvgIpc) is 2.77. The number of nitrogens with zero attached hydrogens (tertiary/aromatic N) is 1. The minimum atomic E-state index is -1.71. The first kappa shape index (κ1) is 17.7. The van der Waals surface area contributed by atoms with Crippen molar-refractivity contribution in [3.05, 3.63) is 12.2 Å². The summed E-state index contributed by atoms with van der Waals surface area (Å²) >= 11 is 0. The molecule has 0 spiro atoms. The molecule has 0 amide bonds. The van der Waals surface area contributed by atoms with Crippen LogP contribution in [0.15, 0.2) is 17.3 Å². The van der Waals surface area contributed by atoms with E-state index in [2.05, 4.69) is 45.1 Å². The molecule has 0 aromatic heterocycles. The summed E-state index contributed by atoms with van der Waals surface area (Å²) in [6.07, 6.45) is 7.06. The largest absolute Gasteiger partial charge is 0.416 e. The van der Waals surface area contributed by atoms with Gasteiger partial charge >= 0.3 is 0 Å². The van der Waals surface area contributed by atoms with Crippen LogP contribution in [0, 0.1) is 5.92 Å². The quantitative estimate of drug-likeness (QED) is 0.630. The Morgan fingerprint density at radius 2 is 2.09 bits per heavy atom. The minimum absolute atomic E-state index is 0.173. The van der Waals surface area contributed by atoms with Crippen LogP contribution in [-0.4, -0.2) is 38.0 Å². The van der Waals surface area contributed by atoms with Crippen LogP contribution in [0.5, 0.6) is 0 Å². The molecule has 1 N–H and O–H groups in total. The van der Waals surface area contributed by atoms with Crippen molar-refractivity contribution < 1.29 is 14.4 Å². The predicted octanol–water partition coefficient (Wildman–Crippen LogP) is 3.87. The second-order valence-electron chi connectivity index (χ2n) is 7.97. The van der Waals surface area contributed by atoms with Crippen molar-refractivity contribution in [3.63, 3.8) is 0 Å². The summed E-state index contributed by atoms with van der Waals surface area (Å²) < 4.78 is 6.24. The van der Waals surface area contributed by atoms with Gasteiger partial charge in [0.2, 0.25) is 0 Å². The zero-order valence-corrected chi connectivity index (χ0v) is 15.6. The van der Waals surface area contributed by atoms with Gasteiger partial charge in [-0.2, -0.15) is 0 Å². The molecule has 0 saturated carbocycles. The molecule has 0 aromatic carbocycles. The fourth-order valence-electron chi connectivity index (χ4n) is 2.75. The van der Waals surface area contributed by atoms with Crippen LogP contribution in [0.1, 0.15) is 46.5 Å². The van der Waals surface area contributed by atoms with Gasteiger partial charge in [-0.3, -0.25) is 0 Å². The zero-order chi connectivity index (χ0) is 16.4. The van der Waals surface area contributed by atoms with Gasteiger partial charge in [-0.15, -0.1) is 0 Å². The number of aliphatic hydroxyl groups excluding tert-OH is 1. The lowest BCUT2D eigenvalue weighted by Crippen LogP contribution is -2.41. The Labute approximate surface area is 135 Å². The fourth-order valence-corrected chi connectivity index (χ4v) is 3.80. The maximum Gasteiger partial charge on any atom is 0.191 e. The van der Waals surface area contributed by atoms with Crippen molar-refractivity contribution in [3.8, 4) is 0 Å². The SMILES string of the molecule is CC(C)(C)[Si](C)(C)OCCC1=NO[C@H]2[C@@H](O)C/C=C\CC[C@@H]12. The van der Waals surface area contributed by atoms with Crippen molar-refractivity contribution in [2.45, 2.75) is 76.8 Å². The number of aliphatic hydroxyl groups is 1. The van der Waals surface area contributed by atoms with Crippen LogP contribution < -0.4 is 0 Å². The zero-order valence-electron chi connectivity index (χ0n) is 14.6. The predicted molar refractivity (Wildman–Crippen MR) is 92.6 cm³/mol. The summed E-state index contributed by atoms with van der Waals surface area (Å²) in [5.74, 6) is 0.239. The van der Waals surface area contributed by atoms with Gasteiger partial charge in [0, 0.05) is 18.9 Å². The first-order valence-corrected chi connectivity index (χ1v) is 11.3. The molecular weight excluding hydrogens is 294 g/mol. The van der Waals surface area contributed by atoms with E-state index in [1.54, 1.807) is 0 Å². The Hall–Kier alpha value is -0.653. The minimum Gasteiger partial charge on any atom is -0.416 e. The van der Waals surface area contributed by atoms with Crippen LogP contribution in [0.25, 0.3) is 0 Å². The number of oxime groups is 1. The Morgan fingerprint density at radius 1 is 1.36 bits per heavy atom. The standard InChI is InChI=1S/C17H31NO3Si/c1-17(2,3)22(4,5)20-12-11-14-13-9-7-6-8-10-15(19)16(13)21-18-14/h6,8,13,15-16,19H,7,9-12H2,1-5H3/b8-6-/t13-,15-,16+/m0/s1. The molecule has 0 unspecified atom stereocenters. The Morgan fingerprint density at radius 3 is 2.77 bits per heavy atom. The second-order valence-corrected chi connectivity index (χ2v) is 12.8. The van der Waals surface area contributed by atoms with Gasteiger partial charge in [0.15, 0.2) is 14.4 Å². The van der Waals surface area contributed by atoms with Gasteiger partial charge in [0.25, 0.3) is 0 Å². The number of hydrogen-bond donors (Lipinski definition) is 1. The molecule has 0 bridgehead atoms. The molecule has 5 heteroatoms. The molecule has 4 nitrogen and oxygen atoms in total. The number of allylic oxidation sites excluding steroid dienone is 1. The average molecular weight is 326 g/mol. The van der Waals surface area contributed by atoms with Crippen LogP contribution in [0.4, 0.5) is 0 Å². The third kappa shape index (κ3) is 4.00. The molecule has 0 saturated heterocycles. The van der Waals surface area contributed by atoms with E-state index in [1.807, 2.05) is 6.08 Å². The van der Waals surface area contributed by atoms with Crippen molar-refractivity contribution in [1.82, 2.24) is 0 Å². The normalized spacial score (nSPS) is 30.8. The highest BCUT2D eigenvalue weighted by Gasteiger charge is 2.40. The van der Waals surface area contributed by atoms with Crippen molar-refractivity contribution in [2.75, 3.05) is 6.61 Å². The Bertz CT molecular complexity index is 440. The van der Waals surface area contributed by atoms with E-state index in [0.717, 1.165) is 25.0 Å². The fraction of sp³-hybridized carbons (Fsp3) is 0.824. The monoisotopic (exact) mass is 325 g/mol. The van der Waals surface area contributed by atoms with Gasteiger partial charge in [0.05, 0.1) is 11.8 Å². The van der Waals surface area contributed by atoms with Gasteiger partial charge in [-0.05, 0) is 37.4 Å². The number of hydrogen-bond acceptors (Lipinski definition) is 4. The van der Waals surface area contributed by atoms with Crippen molar-refractivity contribution >= 4 is 14.0 Å². The smallest absolute Gasteiger partial charge is 0.191 e. The first-order valence-electron chi connectivity index (χ1n) is 8.42. The second kappa shape index (κ2) is 6.85. The van der Waals surface area contributed by atoms with E-state index >= 15 is 0 Å². The molecule has 0 aromatic rings. The lowest BCUT2D eigenvalue weighted by molar-refractivity contribution is -0.0360. The third-order valence-electron chi connectivity index (χ3n) is 5.31. The molecule has 1 heterocycles. The van der Waals surface area contributed by atoms with E-state index in [0.29, 0.717) is 13.0 Å². The van der Waals surface area contributed by atoms with Crippen LogP contribution in [0.2, 0.25) is 18.1 Å². The van der Waals surface area contributed by atoms with Gasteiger partial charge in [-0.25, -0.2) is 0 Å². The highest BCUT2D eigenvalue weighted by Crippen LogP contribution is 2.37. The maximum atomic E-state index is 10.2. The summed E-state index contributed by atoms with van der Waals surface area (Å²) in [4.78, 5) is 5.53. The first-order chi connectivity index (χ1) is 10.2. The molecule has 3 atom stereocenters. The molecule has 2 rings (SSSR count). The summed E-state index contributed by atoms with van der Waals surface area (Å²) in [5.41, 5.74) is 1.07. The molecule has 126 valence electrons. The molecule has 0 radical (unpaired) electrons. The Balaban J connectivity index is 1.90. The van der Waals surface area contributed by atoms with Crippen LogP contribution >= 0.6 is 0 Å². The van der Waals surface area contributed by atoms with Crippen LogP contribution in [0.3, 0.4) is 0 Å². The van der Waals surface area contributed by atoms with Crippen LogP contribution in [-0.2, 0) is 9.26 Å². The van der Waals surface area contributed by atoms with Gasteiger partial charge < -0.3 is 14.4 Å². The summed E-state index contributed by atoms with van der Waals surface area (Å²) in [6.45, 7) is 12.0. The van der Waals surface area contributed by atoms with Gasteiger partial charge in [-0.1, -0.05) is 38.1 Å². The van der Waals surface area contributed by atoms with Crippen molar-refractivity contribution in [2.24, 2.45) is 11.1 Å². The molecule has 0 fully saturated rings. The lowest BCUT2D eigenvalue weighted by Gasteiger charge is -2.36. The molecule has 1 aliphatic heterocycles.